The summed E-state index contributed by atoms with van der Waals surface area (Å²) in [5, 5.41) is 5.42. The quantitative estimate of drug-likeness (QED) is 0.626. The number of amides is 3. The second-order valence-corrected chi connectivity index (χ2v) is 7.92. The van der Waals surface area contributed by atoms with Crippen LogP contribution in [0.25, 0.3) is 0 Å². The molecule has 2 atom stereocenters. The van der Waals surface area contributed by atoms with Gasteiger partial charge in [-0.25, -0.2) is 4.99 Å². The van der Waals surface area contributed by atoms with Crippen molar-refractivity contribution in [2.45, 2.75) is 51.7 Å². The maximum absolute atomic E-state index is 13.2. The summed E-state index contributed by atoms with van der Waals surface area (Å²) in [5.74, 6) is -0.979. The highest BCUT2D eigenvalue weighted by molar-refractivity contribution is 6.20. The first-order valence-electron chi connectivity index (χ1n) is 11.0. The second kappa shape index (κ2) is 10.7. The highest BCUT2D eigenvalue weighted by atomic mass is 16.2. The fraction of sp³-hybridized carbons (Fsp3) is 0.360. The molecule has 2 N–H and O–H groups in total. The van der Waals surface area contributed by atoms with Crippen LogP contribution < -0.4 is 15.5 Å². The largest absolute Gasteiger partial charge is 0.345 e. The number of carbonyl (C=O) groups excluding carboxylic acids is 3. The molecule has 1 aliphatic rings. The minimum Gasteiger partial charge on any atom is -0.345 e. The lowest BCUT2D eigenvalue weighted by molar-refractivity contribution is -0.130. The lowest BCUT2D eigenvalue weighted by Gasteiger charge is -2.22. The van der Waals surface area contributed by atoms with Gasteiger partial charge in [0.25, 0.3) is 5.91 Å². The van der Waals surface area contributed by atoms with Crippen molar-refractivity contribution in [3.63, 3.8) is 0 Å². The molecule has 7 nitrogen and oxygen atoms in total. The number of carbonyl (C=O) groups is 3. The molecular formula is C25H30N4O3. The van der Waals surface area contributed by atoms with Crippen LogP contribution in [0, 0.1) is 0 Å². The Hall–Kier alpha value is -3.48. The van der Waals surface area contributed by atoms with Crippen LogP contribution in [-0.2, 0) is 14.4 Å². The Morgan fingerprint density at radius 2 is 1.75 bits per heavy atom. The van der Waals surface area contributed by atoms with Crippen molar-refractivity contribution in [1.82, 2.24) is 10.6 Å². The maximum Gasteiger partial charge on any atom is 0.272 e. The molecule has 0 spiro atoms. The normalized spacial score (nSPS) is 16.5. The van der Waals surface area contributed by atoms with Crippen LogP contribution >= 0.6 is 0 Å². The van der Waals surface area contributed by atoms with E-state index >= 15 is 0 Å². The summed E-state index contributed by atoms with van der Waals surface area (Å²) in [5.41, 5.74) is 3.00. The Labute approximate surface area is 188 Å². The molecule has 0 saturated heterocycles. The number of nitrogens with zero attached hydrogens (tertiary/aromatic N) is 2. The number of anilines is 1. The first kappa shape index (κ1) is 23.2. The predicted octanol–water partition coefficient (Wildman–Crippen LogP) is 3.03. The molecule has 0 fully saturated rings. The van der Waals surface area contributed by atoms with E-state index in [1.165, 1.54) is 4.90 Å². The first-order chi connectivity index (χ1) is 15.4. The highest BCUT2D eigenvalue weighted by Crippen LogP contribution is 2.27. The molecule has 3 rings (SSSR count). The maximum atomic E-state index is 13.2. The van der Waals surface area contributed by atoms with E-state index in [9.17, 15) is 14.4 Å². The predicted molar refractivity (Wildman–Crippen MR) is 126 cm³/mol. The Kier molecular flexibility index (Phi) is 7.76. The lowest BCUT2D eigenvalue weighted by Crippen LogP contribution is -2.52. The molecule has 0 aliphatic carbocycles. The number of para-hydroxylation sites is 1. The fourth-order valence-corrected chi connectivity index (χ4v) is 3.62. The molecule has 32 heavy (non-hydrogen) atoms. The van der Waals surface area contributed by atoms with E-state index in [2.05, 4.69) is 22.5 Å². The van der Waals surface area contributed by atoms with Crippen LogP contribution in [0.4, 0.5) is 5.69 Å². The summed E-state index contributed by atoms with van der Waals surface area (Å²) >= 11 is 0. The monoisotopic (exact) mass is 434 g/mol. The number of rotatable bonds is 8. The third-order valence-electron chi connectivity index (χ3n) is 5.45. The number of nitrogens with one attached hydrogen (secondary N) is 2. The fourth-order valence-electron chi connectivity index (χ4n) is 3.62. The van der Waals surface area contributed by atoms with Gasteiger partial charge in [0.1, 0.15) is 6.04 Å². The van der Waals surface area contributed by atoms with Crippen molar-refractivity contribution in [2.24, 2.45) is 4.99 Å². The van der Waals surface area contributed by atoms with E-state index in [1.807, 2.05) is 54.6 Å². The minimum atomic E-state index is -1.10. The van der Waals surface area contributed by atoms with E-state index in [1.54, 1.807) is 14.0 Å². The van der Waals surface area contributed by atoms with Gasteiger partial charge in [-0.15, -0.1) is 0 Å². The summed E-state index contributed by atoms with van der Waals surface area (Å²) < 4.78 is 0. The van der Waals surface area contributed by atoms with Crippen molar-refractivity contribution < 1.29 is 14.4 Å². The first-order valence-corrected chi connectivity index (χ1v) is 11.0. The summed E-state index contributed by atoms with van der Waals surface area (Å²) in [6.07, 6.45) is 2.04. The molecule has 0 aromatic heterocycles. The molecule has 0 saturated carbocycles. The zero-order valence-corrected chi connectivity index (χ0v) is 18.8. The van der Waals surface area contributed by atoms with E-state index < -0.39 is 18.1 Å². The van der Waals surface area contributed by atoms with Gasteiger partial charge < -0.3 is 15.5 Å². The zero-order chi connectivity index (χ0) is 23.1. The van der Waals surface area contributed by atoms with Crippen LogP contribution in [0.1, 0.15) is 50.7 Å². The minimum absolute atomic E-state index is 0.175. The molecule has 1 unspecified atom stereocenters. The molecule has 1 heterocycles. The highest BCUT2D eigenvalue weighted by Gasteiger charge is 2.32. The average Bonchev–Trinajstić information content (AvgIpc) is 2.90. The number of likely N-dealkylation sites (N-methyl/N-ethyl adjacent to an activating group) is 1. The Bertz CT molecular complexity index is 1000. The van der Waals surface area contributed by atoms with Crippen molar-refractivity contribution in [3.8, 4) is 0 Å². The zero-order valence-electron chi connectivity index (χ0n) is 18.8. The third-order valence-corrected chi connectivity index (χ3v) is 5.45. The Morgan fingerprint density at radius 3 is 2.47 bits per heavy atom. The van der Waals surface area contributed by atoms with Crippen LogP contribution in [0.5, 0.6) is 0 Å². The molecule has 3 amide bonds. The number of benzodiazepines with no additional fused rings is 1. The Balaban J connectivity index is 1.83. The Morgan fingerprint density at radius 1 is 1.06 bits per heavy atom. The van der Waals surface area contributed by atoms with Gasteiger partial charge in [0.05, 0.1) is 11.4 Å². The van der Waals surface area contributed by atoms with E-state index in [4.69, 9.17) is 0 Å². The summed E-state index contributed by atoms with van der Waals surface area (Å²) in [6.45, 7) is 3.67. The molecule has 168 valence electrons. The van der Waals surface area contributed by atoms with Crippen LogP contribution in [0.3, 0.4) is 0 Å². The molecule has 2 aromatic rings. The number of hydrogen-bond donors (Lipinski definition) is 2. The van der Waals surface area contributed by atoms with Crippen molar-refractivity contribution in [3.05, 3.63) is 65.7 Å². The van der Waals surface area contributed by atoms with E-state index in [-0.39, 0.29) is 11.8 Å². The average molecular weight is 435 g/mol. The third kappa shape index (κ3) is 5.41. The van der Waals surface area contributed by atoms with Gasteiger partial charge in [0.15, 0.2) is 0 Å². The summed E-state index contributed by atoms with van der Waals surface area (Å²) in [4.78, 5) is 44.2. The number of benzene rings is 2. The van der Waals surface area contributed by atoms with Gasteiger partial charge >= 0.3 is 0 Å². The summed E-state index contributed by atoms with van der Waals surface area (Å²) in [6, 6.07) is 16.3. The van der Waals surface area contributed by atoms with Gasteiger partial charge in [-0.2, -0.15) is 0 Å². The molecule has 2 aromatic carbocycles. The van der Waals surface area contributed by atoms with Gasteiger partial charge in [-0.3, -0.25) is 14.4 Å². The second-order valence-electron chi connectivity index (χ2n) is 7.92. The van der Waals surface area contributed by atoms with Gasteiger partial charge in [0.2, 0.25) is 18.0 Å². The van der Waals surface area contributed by atoms with Gasteiger partial charge in [0, 0.05) is 24.6 Å². The van der Waals surface area contributed by atoms with Gasteiger partial charge in [-0.05, 0) is 19.4 Å². The SMILES string of the molecule is CCCCCC(=O)NC(C)C(=O)N[C@H]1N=C(c2ccccc2)c2ccccc2N(C)C1=O. The number of fused-ring (bicyclic) bond motifs is 1. The number of hydrogen-bond acceptors (Lipinski definition) is 4. The van der Waals surface area contributed by atoms with E-state index in [0.717, 1.165) is 30.4 Å². The van der Waals surface area contributed by atoms with Crippen molar-refractivity contribution in [2.75, 3.05) is 11.9 Å². The van der Waals surface area contributed by atoms with E-state index in [0.29, 0.717) is 17.8 Å². The van der Waals surface area contributed by atoms with Crippen molar-refractivity contribution >= 4 is 29.1 Å². The standard InChI is InChI=1S/C25H30N4O3/c1-4-5-7-16-21(30)26-17(2)24(31)28-23-25(32)29(3)20-15-11-10-14-19(20)22(27-23)18-12-8-6-9-13-18/h6,8-15,17,23H,4-5,7,16H2,1-3H3,(H,26,30)(H,28,31)/t17?,23-/m1/s1. The molecular weight excluding hydrogens is 404 g/mol. The smallest absolute Gasteiger partial charge is 0.272 e. The van der Waals surface area contributed by atoms with Crippen molar-refractivity contribution in [1.29, 1.82) is 0 Å². The number of unbranched alkanes of at least 4 members (excludes halogenated alkanes) is 2. The van der Waals surface area contributed by atoms with Crippen LogP contribution in [0.2, 0.25) is 0 Å². The molecule has 0 radical (unpaired) electrons. The number of aliphatic imine (C=N–C) groups is 1. The molecule has 7 heteroatoms. The summed E-state index contributed by atoms with van der Waals surface area (Å²) in [7, 11) is 1.67. The van der Waals surface area contributed by atoms with Crippen LogP contribution in [0.15, 0.2) is 59.6 Å². The topological polar surface area (TPSA) is 90.9 Å². The van der Waals surface area contributed by atoms with Gasteiger partial charge in [-0.1, -0.05) is 68.3 Å². The molecule has 1 aliphatic heterocycles. The van der Waals surface area contributed by atoms with Crippen LogP contribution in [-0.4, -0.2) is 42.7 Å². The lowest BCUT2D eigenvalue weighted by atomic mass is 10.0. The molecule has 0 bridgehead atoms.